The minimum Gasteiger partial charge on any atom is -0.375 e. The van der Waals surface area contributed by atoms with Crippen LogP contribution in [-0.2, 0) is 10.3 Å². The summed E-state index contributed by atoms with van der Waals surface area (Å²) in [4.78, 5) is 0. The highest BCUT2D eigenvalue weighted by molar-refractivity contribution is 5.31. The van der Waals surface area contributed by atoms with Gasteiger partial charge in [0.2, 0.25) is 0 Å². The molecule has 1 N–H and O–H groups in total. The van der Waals surface area contributed by atoms with E-state index in [1.165, 1.54) is 12.8 Å². The van der Waals surface area contributed by atoms with Gasteiger partial charge in [-0.1, -0.05) is 44.2 Å². The van der Waals surface area contributed by atoms with Gasteiger partial charge in [0.1, 0.15) is 0 Å². The Bertz CT molecular complexity index is 482. The molecule has 0 aliphatic heterocycles. The van der Waals surface area contributed by atoms with Crippen molar-refractivity contribution in [2.75, 3.05) is 13.7 Å². The van der Waals surface area contributed by atoms with Crippen LogP contribution in [0.25, 0.3) is 0 Å². The van der Waals surface area contributed by atoms with E-state index in [4.69, 9.17) is 4.74 Å². The van der Waals surface area contributed by atoms with E-state index >= 15 is 0 Å². The Morgan fingerprint density at radius 1 is 1.29 bits per heavy atom. The fourth-order valence-corrected chi connectivity index (χ4v) is 2.96. The van der Waals surface area contributed by atoms with Crippen molar-refractivity contribution in [1.82, 2.24) is 5.32 Å². The van der Waals surface area contributed by atoms with E-state index in [-0.39, 0.29) is 6.10 Å². The average Bonchev–Trinajstić information content (AvgIpc) is 2.51. The normalized spacial score (nSPS) is 21.4. The molecule has 0 amide bonds. The minimum absolute atomic E-state index is 0.280. The second-order valence-corrected chi connectivity index (χ2v) is 6.81. The number of benzene rings is 1. The highest BCUT2D eigenvalue weighted by Gasteiger charge is 2.33. The number of hydrogen-bond donors (Lipinski definition) is 1. The highest BCUT2D eigenvalue weighted by Crippen LogP contribution is 2.36. The van der Waals surface area contributed by atoms with E-state index < -0.39 is 5.54 Å². The molecule has 3 nitrogen and oxygen atoms in total. The van der Waals surface area contributed by atoms with Crippen molar-refractivity contribution < 1.29 is 4.74 Å². The summed E-state index contributed by atoms with van der Waals surface area (Å²) in [5.74, 6) is 0. The standard InChI is InChI=1S/C18H26N2O/c1-17(2)11-9-16(10-12-17)21-14-18(13-19,20-3)15-7-5-4-6-8-15/h4-8,16,20H,9-12,14H2,1-3H3. The fraction of sp³-hybridized carbons (Fsp3) is 0.611. The quantitative estimate of drug-likeness (QED) is 0.899. The molecule has 1 aliphatic carbocycles. The van der Waals surface area contributed by atoms with Crippen LogP contribution in [0, 0.1) is 16.7 Å². The maximum atomic E-state index is 9.65. The summed E-state index contributed by atoms with van der Waals surface area (Å²) in [5, 5.41) is 12.8. The number of nitrogens with one attached hydrogen (secondary N) is 1. The van der Waals surface area contributed by atoms with Crippen molar-refractivity contribution in [3.8, 4) is 6.07 Å². The van der Waals surface area contributed by atoms with Crippen molar-refractivity contribution in [2.45, 2.75) is 51.2 Å². The van der Waals surface area contributed by atoms with Gasteiger partial charge in [0.15, 0.2) is 5.54 Å². The molecule has 0 aromatic heterocycles. The number of nitriles is 1. The van der Waals surface area contributed by atoms with Gasteiger partial charge in [0.05, 0.1) is 18.8 Å². The van der Waals surface area contributed by atoms with Crippen molar-refractivity contribution in [3.05, 3.63) is 35.9 Å². The Labute approximate surface area is 128 Å². The molecule has 114 valence electrons. The molecule has 1 atom stereocenters. The number of ether oxygens (including phenoxy) is 1. The monoisotopic (exact) mass is 286 g/mol. The van der Waals surface area contributed by atoms with Gasteiger partial charge in [0.25, 0.3) is 0 Å². The van der Waals surface area contributed by atoms with E-state index in [9.17, 15) is 5.26 Å². The molecule has 2 rings (SSSR count). The van der Waals surface area contributed by atoms with Gasteiger partial charge in [-0.25, -0.2) is 0 Å². The number of rotatable bonds is 5. The molecule has 21 heavy (non-hydrogen) atoms. The van der Waals surface area contributed by atoms with Crippen LogP contribution in [0.5, 0.6) is 0 Å². The molecule has 1 saturated carbocycles. The SMILES string of the molecule is CNC(C#N)(COC1CCC(C)(C)CC1)c1ccccc1. The van der Waals surface area contributed by atoms with Gasteiger partial charge in [-0.3, -0.25) is 5.32 Å². The van der Waals surface area contributed by atoms with E-state index in [0.717, 1.165) is 18.4 Å². The first-order valence-electron chi connectivity index (χ1n) is 7.79. The zero-order valence-corrected chi connectivity index (χ0v) is 13.4. The van der Waals surface area contributed by atoms with Crippen LogP contribution < -0.4 is 5.32 Å². The van der Waals surface area contributed by atoms with Crippen LogP contribution in [0.1, 0.15) is 45.1 Å². The fourth-order valence-electron chi connectivity index (χ4n) is 2.96. The lowest BCUT2D eigenvalue weighted by Gasteiger charge is -2.36. The molecular weight excluding hydrogens is 260 g/mol. The minimum atomic E-state index is -0.756. The highest BCUT2D eigenvalue weighted by atomic mass is 16.5. The Kier molecular flexibility index (Phi) is 5.03. The molecule has 3 heteroatoms. The predicted octanol–water partition coefficient (Wildman–Crippen LogP) is 3.61. The first-order chi connectivity index (χ1) is 10.0. The Balaban J connectivity index is 2.00. The topological polar surface area (TPSA) is 45.0 Å². The molecule has 0 heterocycles. The summed E-state index contributed by atoms with van der Waals surface area (Å²) >= 11 is 0. The molecule has 0 saturated heterocycles. The third kappa shape index (κ3) is 3.84. The number of nitrogens with zero attached hydrogens (tertiary/aromatic N) is 1. The van der Waals surface area contributed by atoms with Gasteiger partial charge in [0, 0.05) is 0 Å². The first-order valence-corrected chi connectivity index (χ1v) is 7.79. The summed E-state index contributed by atoms with van der Waals surface area (Å²) in [6.45, 7) is 5.04. The zero-order chi connectivity index (χ0) is 15.3. The van der Waals surface area contributed by atoms with Crippen molar-refractivity contribution in [3.63, 3.8) is 0 Å². The molecule has 0 bridgehead atoms. The van der Waals surface area contributed by atoms with Gasteiger partial charge in [-0.2, -0.15) is 5.26 Å². The van der Waals surface area contributed by atoms with Crippen LogP contribution in [0.2, 0.25) is 0 Å². The largest absolute Gasteiger partial charge is 0.375 e. The van der Waals surface area contributed by atoms with Crippen molar-refractivity contribution >= 4 is 0 Å². The second-order valence-electron chi connectivity index (χ2n) is 6.81. The smallest absolute Gasteiger partial charge is 0.155 e. The van der Waals surface area contributed by atoms with Gasteiger partial charge in [-0.15, -0.1) is 0 Å². The summed E-state index contributed by atoms with van der Waals surface area (Å²) in [6.07, 6.45) is 4.85. The number of likely N-dealkylation sites (N-methyl/N-ethyl adjacent to an activating group) is 1. The summed E-state index contributed by atoms with van der Waals surface area (Å²) < 4.78 is 6.09. The number of hydrogen-bond acceptors (Lipinski definition) is 3. The molecule has 0 spiro atoms. The van der Waals surface area contributed by atoms with Gasteiger partial charge in [-0.05, 0) is 43.7 Å². The maximum absolute atomic E-state index is 9.65. The van der Waals surface area contributed by atoms with E-state index in [2.05, 4.69) is 25.2 Å². The Hall–Kier alpha value is -1.37. The van der Waals surface area contributed by atoms with E-state index in [1.807, 2.05) is 37.4 Å². The van der Waals surface area contributed by atoms with Crippen LogP contribution in [0.15, 0.2) is 30.3 Å². The van der Waals surface area contributed by atoms with E-state index in [0.29, 0.717) is 12.0 Å². The third-order valence-corrected chi connectivity index (χ3v) is 4.71. The average molecular weight is 286 g/mol. The molecule has 1 aromatic rings. The molecule has 1 aromatic carbocycles. The lowest BCUT2D eigenvalue weighted by Crippen LogP contribution is -2.44. The van der Waals surface area contributed by atoms with Crippen molar-refractivity contribution in [2.24, 2.45) is 5.41 Å². The van der Waals surface area contributed by atoms with E-state index in [1.54, 1.807) is 0 Å². The van der Waals surface area contributed by atoms with Crippen molar-refractivity contribution in [1.29, 1.82) is 5.26 Å². The Morgan fingerprint density at radius 3 is 2.43 bits per heavy atom. The molecule has 1 aliphatic rings. The zero-order valence-electron chi connectivity index (χ0n) is 13.4. The van der Waals surface area contributed by atoms with Gasteiger partial charge < -0.3 is 4.74 Å². The molecule has 1 fully saturated rings. The lowest BCUT2D eigenvalue weighted by molar-refractivity contribution is -0.0156. The van der Waals surface area contributed by atoms with Crippen LogP contribution in [0.3, 0.4) is 0 Å². The third-order valence-electron chi connectivity index (χ3n) is 4.71. The summed E-state index contributed by atoms with van der Waals surface area (Å²) in [7, 11) is 1.82. The predicted molar refractivity (Wildman–Crippen MR) is 84.8 cm³/mol. The van der Waals surface area contributed by atoms with Gasteiger partial charge >= 0.3 is 0 Å². The lowest BCUT2D eigenvalue weighted by atomic mass is 9.76. The van der Waals surface area contributed by atoms with Crippen LogP contribution in [0.4, 0.5) is 0 Å². The Morgan fingerprint density at radius 2 is 1.90 bits per heavy atom. The van der Waals surface area contributed by atoms with Crippen LogP contribution in [-0.4, -0.2) is 19.8 Å². The molecule has 0 radical (unpaired) electrons. The molecule has 1 unspecified atom stereocenters. The second kappa shape index (κ2) is 6.60. The first kappa shape index (κ1) is 16.0. The maximum Gasteiger partial charge on any atom is 0.155 e. The van der Waals surface area contributed by atoms with Crippen LogP contribution >= 0.6 is 0 Å². The summed E-state index contributed by atoms with van der Waals surface area (Å²) in [5.41, 5.74) is 0.647. The summed E-state index contributed by atoms with van der Waals surface area (Å²) in [6, 6.07) is 12.2. The molecular formula is C18H26N2O.